The summed E-state index contributed by atoms with van der Waals surface area (Å²) in [5, 5.41) is 6.12. The van der Waals surface area contributed by atoms with Gasteiger partial charge >= 0.3 is 5.97 Å². The van der Waals surface area contributed by atoms with E-state index in [2.05, 4.69) is 15.6 Å². The van der Waals surface area contributed by atoms with Gasteiger partial charge in [-0.15, -0.1) is 0 Å². The Bertz CT molecular complexity index is 1030. The summed E-state index contributed by atoms with van der Waals surface area (Å²) >= 11 is 0. The Balaban J connectivity index is 1.71. The molecule has 6 heteroatoms. The van der Waals surface area contributed by atoms with Crippen molar-refractivity contribution in [3.05, 3.63) is 83.2 Å². The molecule has 1 amide bonds. The van der Waals surface area contributed by atoms with E-state index in [9.17, 15) is 9.59 Å². The minimum absolute atomic E-state index is 0.278. The van der Waals surface area contributed by atoms with Crippen molar-refractivity contribution >= 4 is 28.9 Å². The van der Waals surface area contributed by atoms with E-state index in [4.69, 9.17) is 4.74 Å². The van der Waals surface area contributed by atoms with Gasteiger partial charge in [-0.25, -0.2) is 4.79 Å². The van der Waals surface area contributed by atoms with Crippen molar-refractivity contribution in [2.24, 2.45) is 0 Å². The molecule has 0 radical (unpaired) electrons. The van der Waals surface area contributed by atoms with Crippen LogP contribution < -0.4 is 10.6 Å². The maximum Gasteiger partial charge on any atom is 0.338 e. The first kappa shape index (κ1) is 20.1. The monoisotopic (exact) mass is 389 g/mol. The van der Waals surface area contributed by atoms with Gasteiger partial charge in [0.25, 0.3) is 5.91 Å². The highest BCUT2D eigenvalue weighted by Crippen LogP contribution is 2.20. The molecular weight excluding hydrogens is 366 g/mol. The van der Waals surface area contributed by atoms with Crippen LogP contribution in [0.2, 0.25) is 0 Å². The molecule has 0 aliphatic rings. The number of ether oxygens (including phenoxy) is 1. The number of benzene rings is 2. The van der Waals surface area contributed by atoms with E-state index in [1.54, 1.807) is 49.5 Å². The van der Waals surface area contributed by atoms with Gasteiger partial charge in [0.1, 0.15) is 5.69 Å². The van der Waals surface area contributed by atoms with Crippen LogP contribution >= 0.6 is 0 Å². The number of carbonyl (C=O) groups is 2. The van der Waals surface area contributed by atoms with Crippen LogP contribution in [0.4, 0.5) is 17.1 Å². The highest BCUT2D eigenvalue weighted by molar-refractivity contribution is 6.03. The summed E-state index contributed by atoms with van der Waals surface area (Å²) < 4.78 is 4.98. The van der Waals surface area contributed by atoms with E-state index >= 15 is 0 Å². The molecule has 0 saturated heterocycles. The predicted molar refractivity (Wildman–Crippen MR) is 114 cm³/mol. The van der Waals surface area contributed by atoms with Gasteiger partial charge in [-0.3, -0.25) is 9.78 Å². The minimum Gasteiger partial charge on any atom is -0.462 e. The molecule has 2 aromatic carbocycles. The van der Waals surface area contributed by atoms with E-state index in [0.717, 1.165) is 28.2 Å². The Labute approximate surface area is 169 Å². The summed E-state index contributed by atoms with van der Waals surface area (Å²) in [6, 6.07) is 16.3. The smallest absolute Gasteiger partial charge is 0.338 e. The van der Waals surface area contributed by atoms with Crippen molar-refractivity contribution in [3.63, 3.8) is 0 Å². The lowest BCUT2D eigenvalue weighted by Crippen LogP contribution is -2.14. The average molecular weight is 389 g/mol. The van der Waals surface area contributed by atoms with Gasteiger partial charge in [-0.05, 0) is 74.4 Å². The maximum absolute atomic E-state index is 12.6. The Kier molecular flexibility index (Phi) is 6.24. The Morgan fingerprint density at radius 3 is 2.45 bits per heavy atom. The zero-order valence-corrected chi connectivity index (χ0v) is 16.7. The molecule has 3 rings (SSSR count). The summed E-state index contributed by atoms with van der Waals surface area (Å²) in [4.78, 5) is 28.5. The van der Waals surface area contributed by atoms with E-state index in [0.29, 0.717) is 17.9 Å². The van der Waals surface area contributed by atoms with Crippen LogP contribution in [0.25, 0.3) is 0 Å². The maximum atomic E-state index is 12.6. The predicted octanol–water partition coefficient (Wildman–Crippen LogP) is 4.87. The van der Waals surface area contributed by atoms with E-state index in [-0.39, 0.29) is 11.9 Å². The lowest BCUT2D eigenvalue weighted by molar-refractivity contribution is 0.0526. The topological polar surface area (TPSA) is 80.3 Å². The zero-order valence-electron chi connectivity index (χ0n) is 16.7. The average Bonchev–Trinajstić information content (AvgIpc) is 2.71. The van der Waals surface area contributed by atoms with Gasteiger partial charge in [0.2, 0.25) is 0 Å². The fourth-order valence-corrected chi connectivity index (χ4v) is 2.76. The van der Waals surface area contributed by atoms with Crippen molar-refractivity contribution in [1.29, 1.82) is 0 Å². The zero-order chi connectivity index (χ0) is 20.8. The summed E-state index contributed by atoms with van der Waals surface area (Å²) in [6.07, 6.45) is 1.58. The number of nitrogens with one attached hydrogen (secondary N) is 2. The summed E-state index contributed by atoms with van der Waals surface area (Å²) in [5.74, 6) is -0.631. The number of hydrogen-bond acceptors (Lipinski definition) is 5. The van der Waals surface area contributed by atoms with E-state index in [1.807, 2.05) is 32.0 Å². The number of nitrogens with zero attached hydrogens (tertiary/aromatic N) is 1. The molecule has 0 saturated carbocycles. The molecule has 0 unspecified atom stereocenters. The first-order valence-electron chi connectivity index (χ1n) is 9.35. The van der Waals surface area contributed by atoms with Gasteiger partial charge in [0.05, 0.1) is 12.2 Å². The largest absolute Gasteiger partial charge is 0.462 e. The highest BCUT2D eigenvalue weighted by atomic mass is 16.5. The molecule has 0 bridgehead atoms. The first-order chi connectivity index (χ1) is 14.0. The van der Waals surface area contributed by atoms with Gasteiger partial charge in [-0.2, -0.15) is 0 Å². The Morgan fingerprint density at radius 1 is 0.966 bits per heavy atom. The number of esters is 1. The second-order valence-corrected chi connectivity index (χ2v) is 6.63. The lowest BCUT2D eigenvalue weighted by Gasteiger charge is -2.11. The third kappa shape index (κ3) is 5.19. The molecule has 3 aromatic rings. The van der Waals surface area contributed by atoms with Crippen molar-refractivity contribution in [2.75, 3.05) is 17.2 Å². The number of amides is 1. The van der Waals surface area contributed by atoms with Crippen LogP contribution in [0, 0.1) is 13.8 Å². The van der Waals surface area contributed by atoms with Crippen LogP contribution in [-0.2, 0) is 4.74 Å². The number of pyridine rings is 1. The van der Waals surface area contributed by atoms with Crippen LogP contribution in [0.5, 0.6) is 0 Å². The number of rotatable bonds is 6. The number of aryl methyl sites for hydroxylation is 2. The molecule has 29 heavy (non-hydrogen) atoms. The molecule has 0 aliphatic heterocycles. The molecule has 1 heterocycles. The standard InChI is InChI=1S/C23H23N3O3/c1-4-29-23(28)17-7-9-18(10-8-17)25-19-11-12-24-21(14-19)22(27)26-20-13-15(2)5-6-16(20)3/h5-14H,4H2,1-3H3,(H,24,25)(H,26,27). The van der Waals surface area contributed by atoms with Gasteiger partial charge < -0.3 is 15.4 Å². The first-order valence-corrected chi connectivity index (χ1v) is 9.35. The van der Waals surface area contributed by atoms with Gasteiger partial charge in [-0.1, -0.05) is 12.1 Å². The molecule has 0 spiro atoms. The lowest BCUT2D eigenvalue weighted by atomic mass is 10.1. The number of aromatic nitrogens is 1. The minimum atomic E-state index is -0.353. The van der Waals surface area contributed by atoms with Gasteiger partial charge in [0, 0.05) is 23.3 Å². The van der Waals surface area contributed by atoms with Gasteiger partial charge in [0.15, 0.2) is 0 Å². The summed E-state index contributed by atoms with van der Waals surface area (Å²) in [5.41, 5.74) is 5.12. The molecule has 0 atom stereocenters. The van der Waals surface area contributed by atoms with Crippen LogP contribution in [0.3, 0.4) is 0 Å². The normalized spacial score (nSPS) is 10.3. The summed E-state index contributed by atoms with van der Waals surface area (Å²) in [6.45, 7) is 6.03. The van der Waals surface area contributed by atoms with Crippen molar-refractivity contribution in [3.8, 4) is 0 Å². The number of carbonyl (C=O) groups excluding carboxylic acids is 2. The number of anilines is 3. The SMILES string of the molecule is CCOC(=O)c1ccc(Nc2ccnc(C(=O)Nc3cc(C)ccc3C)c2)cc1. The van der Waals surface area contributed by atoms with Crippen LogP contribution in [-0.4, -0.2) is 23.5 Å². The molecule has 0 aliphatic carbocycles. The molecule has 6 nitrogen and oxygen atoms in total. The Morgan fingerprint density at radius 2 is 1.72 bits per heavy atom. The van der Waals surface area contributed by atoms with Crippen molar-refractivity contribution < 1.29 is 14.3 Å². The molecule has 0 fully saturated rings. The van der Waals surface area contributed by atoms with E-state index in [1.165, 1.54) is 0 Å². The molecule has 2 N–H and O–H groups in total. The third-order valence-electron chi connectivity index (χ3n) is 4.32. The Hall–Kier alpha value is -3.67. The summed E-state index contributed by atoms with van der Waals surface area (Å²) in [7, 11) is 0. The molecule has 148 valence electrons. The molecular formula is C23H23N3O3. The molecule has 1 aromatic heterocycles. The van der Waals surface area contributed by atoms with E-state index < -0.39 is 0 Å². The quantitative estimate of drug-likeness (QED) is 0.588. The highest BCUT2D eigenvalue weighted by Gasteiger charge is 2.11. The fourth-order valence-electron chi connectivity index (χ4n) is 2.76. The van der Waals surface area contributed by atoms with Crippen molar-refractivity contribution in [1.82, 2.24) is 4.98 Å². The third-order valence-corrected chi connectivity index (χ3v) is 4.32. The van der Waals surface area contributed by atoms with Crippen LogP contribution in [0.1, 0.15) is 38.9 Å². The second kappa shape index (κ2) is 9.01. The number of hydrogen-bond donors (Lipinski definition) is 2. The van der Waals surface area contributed by atoms with Crippen LogP contribution in [0.15, 0.2) is 60.8 Å². The fraction of sp³-hybridized carbons (Fsp3) is 0.174. The second-order valence-electron chi connectivity index (χ2n) is 6.63. The van der Waals surface area contributed by atoms with Crippen molar-refractivity contribution in [2.45, 2.75) is 20.8 Å².